The first-order valence-electron chi connectivity index (χ1n) is 21.9. The molecule has 0 radical (unpaired) electrons. The Kier molecular flexibility index (Phi) is 24.3. The van der Waals surface area contributed by atoms with Crippen LogP contribution < -0.4 is 19.4 Å². The van der Waals surface area contributed by atoms with Crippen LogP contribution in [0.1, 0.15) is 0 Å². The van der Waals surface area contributed by atoms with Gasteiger partial charge in [0.05, 0.1) is 0 Å². The Morgan fingerprint density at radius 2 is 0.461 bits per heavy atom. The Morgan fingerprint density at radius 1 is 0.289 bits per heavy atom. The molecule has 0 aromatic carbocycles. The van der Waals surface area contributed by atoms with Crippen LogP contribution >= 0.6 is 0 Å². The zero-order valence-electron chi connectivity index (χ0n) is 39.8. The third-order valence-electron chi connectivity index (χ3n) is 9.14. The van der Waals surface area contributed by atoms with Gasteiger partial charge in [0.25, 0.3) is 0 Å². The number of hydrogen-bond donors (Lipinski definition) is 8. The van der Waals surface area contributed by atoms with Crippen molar-refractivity contribution < 1.29 is 136 Å². The van der Waals surface area contributed by atoms with Crippen LogP contribution in [0.2, 0.25) is 0 Å². The minimum atomic E-state index is -1.10. The first-order chi connectivity index (χ1) is 36.3. The number of rotatable bonds is 35. The zero-order valence-corrected chi connectivity index (χ0v) is 39.8. The lowest BCUT2D eigenvalue weighted by atomic mass is 10.4. The van der Waals surface area contributed by atoms with E-state index in [0.717, 1.165) is 48.5 Å². The molecule has 8 N–H and O–H groups in total. The van der Waals surface area contributed by atoms with Gasteiger partial charge in [-0.05, 0) is 0 Å². The summed E-state index contributed by atoms with van der Waals surface area (Å²) >= 11 is 0. The third-order valence-corrected chi connectivity index (χ3v) is 9.14. The maximum Gasteiger partial charge on any atom is 0.358 e. The lowest BCUT2D eigenvalue weighted by Gasteiger charge is -2.27. The SMILES string of the molecule is O=C(COCC(=O)On1c(O)ccc1O)OCCN(CCOC(=O)COCC(=O)On1c(O)ccc1O)CCN(CCOC(=O)COCC(=O)On1c(O)ccc1O)CCOC(=O)COCC(=O)On1c(O)ccc1O. The third kappa shape index (κ3) is 21.2. The monoisotopic (exact) mass is 1090 g/mol. The molecule has 0 bridgehead atoms. The fraction of sp³-hybridized carbons (Fsp3) is 0.429. The Morgan fingerprint density at radius 3 is 0.645 bits per heavy atom. The first-order valence-corrected chi connectivity index (χ1v) is 21.9. The Bertz CT molecular complexity index is 2150. The van der Waals surface area contributed by atoms with E-state index in [9.17, 15) is 79.2 Å². The first kappa shape index (κ1) is 59.6. The van der Waals surface area contributed by atoms with Crippen LogP contribution in [0.4, 0.5) is 0 Å². The van der Waals surface area contributed by atoms with Crippen molar-refractivity contribution in [3.05, 3.63) is 48.5 Å². The predicted molar refractivity (Wildman–Crippen MR) is 237 cm³/mol. The van der Waals surface area contributed by atoms with Gasteiger partial charge in [0, 0.05) is 87.8 Å². The number of aromatic nitrogens is 4. The van der Waals surface area contributed by atoms with E-state index in [1.54, 1.807) is 9.80 Å². The number of aromatic hydroxyl groups is 8. The van der Waals surface area contributed by atoms with Crippen molar-refractivity contribution >= 4 is 47.8 Å². The highest BCUT2D eigenvalue weighted by molar-refractivity contribution is 5.75. The van der Waals surface area contributed by atoms with Crippen molar-refractivity contribution in [2.75, 3.05) is 119 Å². The molecule has 418 valence electrons. The number of carbonyl (C=O) groups excluding carboxylic acids is 8. The molecule has 0 unspecified atom stereocenters. The van der Waals surface area contributed by atoms with Crippen molar-refractivity contribution in [1.82, 2.24) is 28.7 Å². The van der Waals surface area contributed by atoms with Crippen molar-refractivity contribution in [2.24, 2.45) is 0 Å². The van der Waals surface area contributed by atoms with E-state index in [0.29, 0.717) is 18.9 Å². The summed E-state index contributed by atoms with van der Waals surface area (Å²) < 4.78 is 42.4. The summed E-state index contributed by atoms with van der Waals surface area (Å²) in [4.78, 5) is 120. The molecular formula is C42H52N6O28. The molecule has 0 atom stereocenters. The van der Waals surface area contributed by atoms with E-state index in [1.165, 1.54) is 0 Å². The van der Waals surface area contributed by atoms with E-state index < -0.39 is 148 Å². The van der Waals surface area contributed by atoms with E-state index in [4.69, 9.17) is 57.2 Å². The van der Waals surface area contributed by atoms with E-state index in [-0.39, 0.29) is 65.7 Å². The van der Waals surface area contributed by atoms with Crippen LogP contribution in [-0.4, -0.2) is 236 Å². The second kappa shape index (κ2) is 30.9. The average molecular weight is 1090 g/mol. The van der Waals surface area contributed by atoms with Gasteiger partial charge in [-0.15, -0.1) is 18.9 Å². The highest BCUT2D eigenvalue weighted by atomic mass is 16.7. The van der Waals surface area contributed by atoms with Crippen molar-refractivity contribution in [1.29, 1.82) is 0 Å². The quantitative estimate of drug-likeness (QED) is 0.0158. The molecule has 0 aliphatic carbocycles. The molecule has 0 aliphatic rings. The van der Waals surface area contributed by atoms with Crippen molar-refractivity contribution in [3.63, 3.8) is 0 Å². The summed E-state index contributed by atoms with van der Waals surface area (Å²) in [5.74, 6) is -12.9. The lowest BCUT2D eigenvalue weighted by Crippen LogP contribution is -2.41. The van der Waals surface area contributed by atoms with Gasteiger partial charge in [-0.25, -0.2) is 38.4 Å². The molecule has 0 saturated heterocycles. The van der Waals surface area contributed by atoms with E-state index in [2.05, 4.69) is 0 Å². The topological polar surface area (TPSA) is 435 Å². The van der Waals surface area contributed by atoms with Gasteiger partial charge in [-0.3, -0.25) is 9.80 Å². The Hall–Kier alpha value is -8.96. The largest absolute Gasteiger partial charge is 0.492 e. The number of esters is 4. The van der Waals surface area contributed by atoms with Gasteiger partial charge in [-0.2, -0.15) is 0 Å². The van der Waals surface area contributed by atoms with Crippen LogP contribution in [0.3, 0.4) is 0 Å². The predicted octanol–water partition coefficient (Wildman–Crippen LogP) is -4.70. The van der Waals surface area contributed by atoms with Gasteiger partial charge in [0.2, 0.25) is 47.0 Å². The molecule has 0 amide bonds. The van der Waals surface area contributed by atoms with Crippen LogP contribution in [0.5, 0.6) is 47.0 Å². The molecule has 0 saturated carbocycles. The average Bonchev–Trinajstić information content (AvgIpc) is 4.08. The van der Waals surface area contributed by atoms with E-state index in [1.807, 2.05) is 0 Å². The maximum absolute atomic E-state index is 12.5. The minimum absolute atomic E-state index is 0.0383. The molecule has 34 heteroatoms. The second-order valence-corrected chi connectivity index (χ2v) is 14.8. The normalized spacial score (nSPS) is 11.0. The molecule has 4 heterocycles. The van der Waals surface area contributed by atoms with Crippen LogP contribution in [0.15, 0.2) is 48.5 Å². The fourth-order valence-electron chi connectivity index (χ4n) is 5.64. The number of carbonyl (C=O) groups is 8. The van der Waals surface area contributed by atoms with Crippen LogP contribution in [-0.2, 0) is 76.3 Å². The zero-order chi connectivity index (χ0) is 55.6. The molecular weight excluding hydrogens is 1040 g/mol. The van der Waals surface area contributed by atoms with Crippen molar-refractivity contribution in [3.8, 4) is 47.0 Å². The highest BCUT2D eigenvalue weighted by Gasteiger charge is 2.20. The van der Waals surface area contributed by atoms with Crippen LogP contribution in [0.25, 0.3) is 0 Å². The van der Waals surface area contributed by atoms with Gasteiger partial charge in [-0.1, -0.05) is 0 Å². The molecule has 76 heavy (non-hydrogen) atoms. The molecule has 0 spiro atoms. The van der Waals surface area contributed by atoms with Gasteiger partial charge < -0.3 is 98.1 Å². The molecule has 0 fully saturated rings. The van der Waals surface area contributed by atoms with Gasteiger partial charge in [0.1, 0.15) is 79.3 Å². The summed E-state index contributed by atoms with van der Waals surface area (Å²) in [5.41, 5.74) is 0. The summed E-state index contributed by atoms with van der Waals surface area (Å²) in [7, 11) is 0. The smallest absolute Gasteiger partial charge is 0.358 e. The minimum Gasteiger partial charge on any atom is -0.492 e. The number of nitrogens with zero attached hydrogens (tertiary/aromatic N) is 6. The maximum atomic E-state index is 12.5. The summed E-state index contributed by atoms with van der Waals surface area (Å²) in [6, 6.07) is 8.36. The number of ether oxygens (including phenoxy) is 8. The van der Waals surface area contributed by atoms with Gasteiger partial charge >= 0.3 is 47.8 Å². The summed E-state index contributed by atoms with van der Waals surface area (Å²) in [5, 5.41) is 77.0. The molecule has 4 aromatic rings. The lowest BCUT2D eigenvalue weighted by molar-refractivity contribution is -0.159. The molecule has 4 aromatic heterocycles. The summed E-state index contributed by atoms with van der Waals surface area (Å²) in [6.45, 7) is -7.33. The Balaban J connectivity index is 1.30. The van der Waals surface area contributed by atoms with E-state index >= 15 is 0 Å². The van der Waals surface area contributed by atoms with Crippen molar-refractivity contribution in [2.45, 2.75) is 0 Å². The standard InChI is InChI=1S/C42H52N6O28/c49-27-1-2-28(50)45(27)73-39(61)23-65-19-35(57)69-15-11-43(12-16-70-36(58)20-66-24-40(62)74-46-29(51)3-4-30(46)52)9-10-44(13-17-71-37(59)21-67-25-41(63)75-47-31(53)5-6-32(47)54)14-18-72-38(60)22-68-26-42(64)76-48-33(55)7-8-34(48)56/h1-8,49-56H,9-26H2. The second-order valence-electron chi connectivity index (χ2n) is 14.8. The fourth-order valence-corrected chi connectivity index (χ4v) is 5.64. The Labute approximate surface area is 426 Å². The molecule has 34 nitrogen and oxygen atoms in total. The van der Waals surface area contributed by atoms with Crippen LogP contribution in [0, 0.1) is 0 Å². The highest BCUT2D eigenvalue weighted by Crippen LogP contribution is 2.21. The number of hydrogen-bond acceptors (Lipinski definition) is 30. The molecule has 0 aliphatic heterocycles. The molecule has 4 rings (SSSR count). The summed E-state index contributed by atoms with van der Waals surface area (Å²) in [6.07, 6.45) is 0. The van der Waals surface area contributed by atoms with Gasteiger partial charge in [0.15, 0.2) is 0 Å².